The van der Waals surface area contributed by atoms with Crippen LogP contribution >= 0.6 is 23.2 Å². The molecule has 1 aliphatic heterocycles. The molecule has 2 aromatic rings. The summed E-state index contributed by atoms with van der Waals surface area (Å²) in [6, 6.07) is 16.1. The van der Waals surface area contributed by atoms with Crippen molar-refractivity contribution in [1.82, 2.24) is 5.01 Å². The van der Waals surface area contributed by atoms with Crippen molar-refractivity contribution in [1.29, 1.82) is 0 Å². The fourth-order valence-corrected chi connectivity index (χ4v) is 3.73. The number of benzene rings is 2. The molecule has 3 nitrogen and oxygen atoms in total. The first kappa shape index (κ1) is 19.5. The maximum atomic E-state index is 13.6. The number of nitrogens with zero attached hydrogens (tertiary/aromatic N) is 2. The minimum atomic E-state index is -0.967. The van der Waals surface area contributed by atoms with Crippen molar-refractivity contribution in [2.24, 2.45) is 5.10 Å². The molecule has 1 aliphatic rings. The van der Waals surface area contributed by atoms with E-state index in [-0.39, 0.29) is 5.91 Å². The van der Waals surface area contributed by atoms with Crippen molar-refractivity contribution in [2.45, 2.75) is 38.5 Å². The minimum Gasteiger partial charge on any atom is -0.270 e. The Balaban J connectivity index is 2.19. The number of carbonyl (C=O) groups excluding carboxylic acids is 1. The third kappa shape index (κ3) is 3.88. The smallest absolute Gasteiger partial charge is 0.270 e. The highest BCUT2D eigenvalue weighted by molar-refractivity contribution is 6.34. The van der Waals surface area contributed by atoms with Crippen molar-refractivity contribution in [3.8, 4) is 12.0 Å². The Bertz CT molecular complexity index is 921. The van der Waals surface area contributed by atoms with E-state index in [1.165, 1.54) is 5.01 Å². The Labute approximate surface area is 170 Å². The largest absolute Gasteiger partial charge is 0.270 e. The predicted octanol–water partition coefficient (Wildman–Crippen LogP) is 5.57. The van der Waals surface area contributed by atoms with E-state index in [0.29, 0.717) is 22.9 Å². The van der Waals surface area contributed by atoms with E-state index in [9.17, 15) is 4.79 Å². The van der Waals surface area contributed by atoms with Gasteiger partial charge in [0, 0.05) is 35.1 Å². The average molecular weight is 399 g/mol. The van der Waals surface area contributed by atoms with E-state index in [4.69, 9.17) is 23.2 Å². The second kappa shape index (κ2) is 8.17. The molecule has 0 N–H and O–H groups in total. The van der Waals surface area contributed by atoms with Crippen LogP contribution in [0.25, 0.3) is 0 Å². The van der Waals surface area contributed by atoms with Crippen molar-refractivity contribution in [3.63, 3.8) is 0 Å². The number of aryl methyl sites for hydroxylation is 1. The summed E-state index contributed by atoms with van der Waals surface area (Å²) >= 11 is 12.5. The molecule has 5 heteroatoms. The molecule has 0 saturated carbocycles. The van der Waals surface area contributed by atoms with Gasteiger partial charge in [0.15, 0.2) is 0 Å². The molecular formula is C22H20Cl2N2O. The summed E-state index contributed by atoms with van der Waals surface area (Å²) in [5, 5.41) is 6.43. The number of unbranched alkanes of at least 4 members (excludes halogenated alkanes) is 1. The normalized spacial score (nSPS) is 19.0. The predicted molar refractivity (Wildman–Crippen MR) is 111 cm³/mol. The van der Waals surface area contributed by atoms with Crippen LogP contribution in [0.15, 0.2) is 47.6 Å². The zero-order valence-electron chi connectivity index (χ0n) is 15.3. The minimum absolute atomic E-state index is 0.198. The van der Waals surface area contributed by atoms with Gasteiger partial charge in [-0.1, -0.05) is 65.9 Å². The van der Waals surface area contributed by atoms with Crippen LogP contribution in [0.5, 0.6) is 0 Å². The standard InChI is InChI=1S/C22H20Cl2N2O/c1-3-4-5-12-26-21(27)22(10-11-25-26,17-8-6-16(2)7-9-17)18-13-19(23)15-20(24)14-18/h6-9,11,13-15H,3-4,10H2,1-2H3. The molecule has 27 heavy (non-hydrogen) atoms. The monoisotopic (exact) mass is 398 g/mol. The lowest BCUT2D eigenvalue weighted by Gasteiger charge is -2.36. The topological polar surface area (TPSA) is 32.7 Å². The van der Waals surface area contributed by atoms with Gasteiger partial charge >= 0.3 is 0 Å². The maximum absolute atomic E-state index is 13.6. The zero-order chi connectivity index (χ0) is 19.4. The van der Waals surface area contributed by atoms with Crippen LogP contribution in [0.2, 0.25) is 10.0 Å². The molecule has 1 heterocycles. The molecule has 0 aromatic heterocycles. The molecule has 2 aromatic carbocycles. The van der Waals surface area contributed by atoms with Gasteiger partial charge < -0.3 is 0 Å². The summed E-state index contributed by atoms with van der Waals surface area (Å²) in [4.78, 5) is 13.6. The molecule has 0 saturated heterocycles. The van der Waals surface area contributed by atoms with Crippen molar-refractivity contribution in [3.05, 3.63) is 69.2 Å². The zero-order valence-corrected chi connectivity index (χ0v) is 16.8. The molecule has 3 rings (SSSR count). The molecular weight excluding hydrogens is 379 g/mol. The quantitative estimate of drug-likeness (QED) is 0.622. The highest BCUT2D eigenvalue weighted by Gasteiger charge is 2.46. The first-order chi connectivity index (χ1) is 13.0. The fraction of sp³-hybridized carbons (Fsp3) is 0.273. The van der Waals surface area contributed by atoms with E-state index < -0.39 is 5.41 Å². The molecule has 0 aliphatic carbocycles. The van der Waals surface area contributed by atoms with Gasteiger partial charge in [0.05, 0.1) is 0 Å². The second-order valence-electron chi connectivity index (χ2n) is 6.59. The third-order valence-electron chi connectivity index (χ3n) is 4.61. The van der Waals surface area contributed by atoms with Gasteiger partial charge in [0.25, 0.3) is 5.91 Å². The molecule has 1 amide bonds. The summed E-state index contributed by atoms with van der Waals surface area (Å²) in [5.74, 6) is 2.80. The van der Waals surface area contributed by atoms with Gasteiger partial charge in [-0.2, -0.15) is 10.1 Å². The lowest BCUT2D eigenvalue weighted by molar-refractivity contribution is -0.133. The van der Waals surface area contributed by atoms with Gasteiger partial charge in [-0.3, -0.25) is 4.79 Å². The molecule has 0 bridgehead atoms. The number of hydrazone groups is 1. The Hall–Kier alpha value is -2.28. The first-order valence-corrected chi connectivity index (χ1v) is 9.62. The van der Waals surface area contributed by atoms with E-state index >= 15 is 0 Å². The van der Waals surface area contributed by atoms with E-state index in [1.54, 1.807) is 24.4 Å². The number of halogens is 2. The van der Waals surface area contributed by atoms with Gasteiger partial charge in [0.1, 0.15) is 5.41 Å². The number of carbonyl (C=O) groups is 1. The third-order valence-corrected chi connectivity index (χ3v) is 5.05. The van der Waals surface area contributed by atoms with Crippen LogP contribution < -0.4 is 0 Å². The van der Waals surface area contributed by atoms with Crippen LogP contribution in [0, 0.1) is 18.9 Å². The molecule has 0 fully saturated rings. The molecule has 0 radical (unpaired) electrons. The fourth-order valence-electron chi connectivity index (χ4n) is 3.20. The van der Waals surface area contributed by atoms with Crippen LogP contribution in [0.3, 0.4) is 0 Å². The lowest BCUT2D eigenvalue weighted by Crippen LogP contribution is -2.47. The average Bonchev–Trinajstić information content (AvgIpc) is 2.63. The van der Waals surface area contributed by atoms with Crippen molar-refractivity contribution >= 4 is 35.3 Å². The van der Waals surface area contributed by atoms with E-state index in [0.717, 1.165) is 23.1 Å². The van der Waals surface area contributed by atoms with Gasteiger partial charge in [0.2, 0.25) is 0 Å². The van der Waals surface area contributed by atoms with Gasteiger partial charge in [-0.15, -0.1) is 0 Å². The van der Waals surface area contributed by atoms with Gasteiger partial charge in [-0.25, -0.2) is 0 Å². The van der Waals surface area contributed by atoms with E-state index in [1.807, 2.05) is 38.1 Å². The lowest BCUT2D eigenvalue weighted by atomic mass is 9.70. The van der Waals surface area contributed by atoms with Gasteiger partial charge in [-0.05, 0) is 42.7 Å². The van der Waals surface area contributed by atoms with Crippen LogP contribution in [-0.2, 0) is 10.2 Å². The molecule has 1 atom stereocenters. The summed E-state index contributed by atoms with van der Waals surface area (Å²) in [5.41, 5.74) is 1.76. The number of rotatable bonds is 3. The Morgan fingerprint density at radius 2 is 1.78 bits per heavy atom. The Morgan fingerprint density at radius 3 is 2.41 bits per heavy atom. The summed E-state index contributed by atoms with van der Waals surface area (Å²) < 4.78 is 0. The van der Waals surface area contributed by atoms with Crippen LogP contribution in [0.4, 0.5) is 0 Å². The van der Waals surface area contributed by atoms with Crippen LogP contribution in [0.1, 0.15) is 42.9 Å². The SMILES string of the molecule is CCCC#CN1N=CCC(c2ccc(C)cc2)(c2cc(Cl)cc(Cl)c2)C1=O. The highest BCUT2D eigenvalue weighted by Crippen LogP contribution is 2.41. The van der Waals surface area contributed by atoms with E-state index in [2.05, 4.69) is 17.1 Å². The molecule has 138 valence electrons. The number of hydrogen-bond donors (Lipinski definition) is 0. The van der Waals surface area contributed by atoms with Crippen molar-refractivity contribution in [2.75, 3.05) is 0 Å². The Morgan fingerprint density at radius 1 is 1.11 bits per heavy atom. The highest BCUT2D eigenvalue weighted by atomic mass is 35.5. The van der Waals surface area contributed by atoms with Crippen LogP contribution in [-0.4, -0.2) is 17.1 Å². The molecule has 1 unspecified atom stereocenters. The maximum Gasteiger partial charge on any atom is 0.270 e. The summed E-state index contributed by atoms with van der Waals surface area (Å²) in [6.07, 6.45) is 3.78. The Kier molecular flexibility index (Phi) is 5.89. The number of hydrogen-bond acceptors (Lipinski definition) is 2. The first-order valence-electron chi connectivity index (χ1n) is 8.86. The summed E-state index contributed by atoms with van der Waals surface area (Å²) in [7, 11) is 0. The second-order valence-corrected chi connectivity index (χ2v) is 7.46. The number of amides is 1. The molecule has 0 spiro atoms. The van der Waals surface area contributed by atoms with Crippen molar-refractivity contribution < 1.29 is 4.79 Å². The summed E-state index contributed by atoms with van der Waals surface area (Å²) in [6.45, 7) is 4.06.